The highest BCUT2D eigenvalue weighted by molar-refractivity contribution is 5.77. The molecule has 0 saturated carbocycles. The maximum absolute atomic E-state index is 12.5. The van der Waals surface area contributed by atoms with Gasteiger partial charge in [-0.05, 0) is 18.1 Å². The fourth-order valence-corrected chi connectivity index (χ4v) is 3.13. The Morgan fingerprint density at radius 3 is 2.04 bits per heavy atom. The van der Waals surface area contributed by atoms with Crippen LogP contribution in [0.1, 0.15) is 24.5 Å². The van der Waals surface area contributed by atoms with Crippen molar-refractivity contribution in [3.8, 4) is 0 Å². The smallest absolute Gasteiger partial charge is 0.224 e. The van der Waals surface area contributed by atoms with Gasteiger partial charge in [0.1, 0.15) is 0 Å². The maximum Gasteiger partial charge on any atom is 0.224 e. The molecular formula is C20H24N2O. The second-order valence-corrected chi connectivity index (χ2v) is 6.31. The quantitative estimate of drug-likeness (QED) is 0.865. The van der Waals surface area contributed by atoms with Crippen LogP contribution in [0.25, 0.3) is 0 Å². The van der Waals surface area contributed by atoms with E-state index in [4.69, 9.17) is 0 Å². The molecule has 2 aromatic carbocycles. The molecule has 0 aromatic heterocycles. The number of amides is 1. The number of carbonyl (C=O) groups excluding carboxylic acids is 1. The van der Waals surface area contributed by atoms with Crippen LogP contribution in [-0.2, 0) is 17.9 Å². The lowest BCUT2D eigenvalue weighted by atomic mass is 10.1. The van der Waals surface area contributed by atoms with Crippen molar-refractivity contribution in [3.05, 3.63) is 71.8 Å². The molecule has 0 N–H and O–H groups in total. The molecule has 1 aliphatic heterocycles. The Morgan fingerprint density at radius 2 is 1.43 bits per heavy atom. The summed E-state index contributed by atoms with van der Waals surface area (Å²) in [6, 6.07) is 21.0. The van der Waals surface area contributed by atoms with E-state index in [2.05, 4.69) is 48.2 Å². The van der Waals surface area contributed by atoms with Gasteiger partial charge in [-0.15, -0.1) is 0 Å². The highest BCUT2D eigenvalue weighted by Crippen LogP contribution is 2.17. The zero-order valence-electron chi connectivity index (χ0n) is 13.7. The first-order valence-electron chi connectivity index (χ1n) is 8.32. The van der Waals surface area contributed by atoms with Gasteiger partial charge in [0, 0.05) is 38.6 Å². The number of rotatable bonds is 4. The molecular weight excluding hydrogens is 284 g/mol. The first kappa shape index (κ1) is 15.8. The molecule has 2 aromatic rings. The molecule has 1 heterocycles. The van der Waals surface area contributed by atoms with Crippen LogP contribution in [0, 0.1) is 0 Å². The van der Waals surface area contributed by atoms with Crippen LogP contribution in [0.3, 0.4) is 0 Å². The maximum atomic E-state index is 12.5. The summed E-state index contributed by atoms with van der Waals surface area (Å²) in [6.07, 6.45) is 0.597. The van der Waals surface area contributed by atoms with Crippen molar-refractivity contribution in [3.63, 3.8) is 0 Å². The van der Waals surface area contributed by atoms with E-state index in [9.17, 15) is 4.79 Å². The molecule has 0 spiro atoms. The fraction of sp³-hybridized carbons (Fsp3) is 0.350. The summed E-state index contributed by atoms with van der Waals surface area (Å²) in [5, 5.41) is 0. The van der Waals surface area contributed by atoms with Crippen LogP contribution in [0.5, 0.6) is 0 Å². The zero-order valence-corrected chi connectivity index (χ0v) is 13.7. The van der Waals surface area contributed by atoms with Gasteiger partial charge < -0.3 is 4.90 Å². The van der Waals surface area contributed by atoms with E-state index in [0.29, 0.717) is 13.0 Å². The van der Waals surface area contributed by atoms with E-state index >= 15 is 0 Å². The van der Waals surface area contributed by atoms with Gasteiger partial charge in [-0.3, -0.25) is 9.69 Å². The number of hydrogen-bond donors (Lipinski definition) is 0. The minimum Gasteiger partial charge on any atom is -0.337 e. The van der Waals surface area contributed by atoms with E-state index in [1.165, 1.54) is 11.1 Å². The lowest BCUT2D eigenvalue weighted by molar-refractivity contribution is -0.131. The summed E-state index contributed by atoms with van der Waals surface area (Å²) >= 11 is 0. The summed E-state index contributed by atoms with van der Waals surface area (Å²) in [5.41, 5.74) is 2.51. The molecule has 3 rings (SSSR count). The minimum absolute atomic E-state index is 0.261. The van der Waals surface area contributed by atoms with Crippen LogP contribution in [0.4, 0.5) is 0 Å². The van der Waals surface area contributed by atoms with E-state index in [1.807, 2.05) is 29.2 Å². The van der Waals surface area contributed by atoms with Gasteiger partial charge in [-0.1, -0.05) is 60.7 Å². The Bertz CT molecular complexity index is 627. The predicted molar refractivity (Wildman–Crippen MR) is 92.8 cm³/mol. The van der Waals surface area contributed by atoms with Crippen LogP contribution >= 0.6 is 0 Å². The van der Waals surface area contributed by atoms with Crippen molar-refractivity contribution in [2.45, 2.75) is 32.5 Å². The first-order chi connectivity index (χ1) is 11.2. The number of carbonyl (C=O) groups is 1. The Kier molecular flexibility index (Phi) is 5.09. The van der Waals surface area contributed by atoms with E-state index in [0.717, 1.165) is 19.6 Å². The Balaban J connectivity index is 1.65. The van der Waals surface area contributed by atoms with E-state index in [1.54, 1.807) is 0 Å². The highest BCUT2D eigenvalue weighted by Gasteiger charge is 2.26. The lowest BCUT2D eigenvalue weighted by Crippen LogP contribution is -2.34. The molecule has 120 valence electrons. The third-order valence-electron chi connectivity index (χ3n) is 4.55. The molecule has 0 bridgehead atoms. The lowest BCUT2D eigenvalue weighted by Gasteiger charge is -2.26. The molecule has 1 amide bonds. The van der Waals surface area contributed by atoms with Gasteiger partial charge in [0.25, 0.3) is 0 Å². The van der Waals surface area contributed by atoms with Crippen molar-refractivity contribution >= 4 is 5.91 Å². The number of benzene rings is 2. The predicted octanol–water partition coefficient (Wildman–Crippen LogP) is 3.31. The average molecular weight is 308 g/mol. The molecule has 1 unspecified atom stereocenters. The van der Waals surface area contributed by atoms with Gasteiger partial charge in [-0.2, -0.15) is 0 Å². The van der Waals surface area contributed by atoms with Crippen molar-refractivity contribution in [2.24, 2.45) is 0 Å². The Labute approximate surface area is 138 Å². The van der Waals surface area contributed by atoms with Crippen molar-refractivity contribution in [1.82, 2.24) is 9.80 Å². The van der Waals surface area contributed by atoms with E-state index < -0.39 is 0 Å². The second kappa shape index (κ2) is 7.42. The largest absolute Gasteiger partial charge is 0.337 e. The summed E-state index contributed by atoms with van der Waals surface area (Å²) in [6.45, 7) is 5.51. The Hall–Kier alpha value is -2.13. The zero-order chi connectivity index (χ0) is 16.1. The Morgan fingerprint density at radius 1 is 0.870 bits per heavy atom. The summed E-state index contributed by atoms with van der Waals surface area (Å²) in [5.74, 6) is 0.261. The number of hydrogen-bond acceptors (Lipinski definition) is 2. The van der Waals surface area contributed by atoms with Gasteiger partial charge in [0.05, 0.1) is 0 Å². The highest BCUT2D eigenvalue weighted by atomic mass is 16.2. The summed E-state index contributed by atoms with van der Waals surface area (Å²) < 4.78 is 0. The van der Waals surface area contributed by atoms with Gasteiger partial charge in [-0.25, -0.2) is 0 Å². The molecule has 1 fully saturated rings. The van der Waals surface area contributed by atoms with Crippen LogP contribution in [0.2, 0.25) is 0 Å². The van der Waals surface area contributed by atoms with Crippen LogP contribution in [0.15, 0.2) is 60.7 Å². The monoisotopic (exact) mass is 308 g/mol. The van der Waals surface area contributed by atoms with Gasteiger partial charge in [0.15, 0.2) is 0 Å². The standard InChI is InChI=1S/C20H24N2O/c1-17-14-20(23)22(16-19-10-6-3-7-11-19)13-12-21(17)15-18-8-4-2-5-9-18/h2-11,17H,12-16H2,1H3. The molecule has 1 atom stereocenters. The minimum atomic E-state index is 0.261. The van der Waals surface area contributed by atoms with Crippen molar-refractivity contribution in [2.75, 3.05) is 13.1 Å². The molecule has 3 nitrogen and oxygen atoms in total. The number of nitrogens with zero attached hydrogens (tertiary/aromatic N) is 2. The molecule has 1 aliphatic rings. The molecule has 0 aliphatic carbocycles. The molecule has 23 heavy (non-hydrogen) atoms. The normalized spacial score (nSPS) is 19.6. The average Bonchev–Trinajstić information content (AvgIpc) is 2.70. The van der Waals surface area contributed by atoms with Gasteiger partial charge in [0.2, 0.25) is 5.91 Å². The van der Waals surface area contributed by atoms with Crippen LogP contribution < -0.4 is 0 Å². The van der Waals surface area contributed by atoms with Gasteiger partial charge >= 0.3 is 0 Å². The fourth-order valence-electron chi connectivity index (χ4n) is 3.13. The molecule has 0 radical (unpaired) electrons. The third kappa shape index (κ3) is 4.20. The van der Waals surface area contributed by atoms with Crippen LogP contribution in [-0.4, -0.2) is 34.8 Å². The topological polar surface area (TPSA) is 23.6 Å². The summed E-state index contributed by atoms with van der Waals surface area (Å²) in [7, 11) is 0. The molecule has 3 heteroatoms. The van der Waals surface area contributed by atoms with E-state index in [-0.39, 0.29) is 11.9 Å². The van der Waals surface area contributed by atoms with Crippen molar-refractivity contribution in [1.29, 1.82) is 0 Å². The first-order valence-corrected chi connectivity index (χ1v) is 8.32. The summed E-state index contributed by atoms with van der Waals surface area (Å²) in [4.78, 5) is 16.9. The second-order valence-electron chi connectivity index (χ2n) is 6.31. The SMILES string of the molecule is CC1CC(=O)N(Cc2ccccc2)CCN1Cc1ccccc1. The molecule has 1 saturated heterocycles. The van der Waals surface area contributed by atoms with Crippen molar-refractivity contribution < 1.29 is 4.79 Å². The third-order valence-corrected chi connectivity index (χ3v) is 4.55.